The van der Waals surface area contributed by atoms with Crippen molar-refractivity contribution in [3.63, 3.8) is 0 Å². The van der Waals surface area contributed by atoms with Crippen molar-refractivity contribution >= 4 is 67.4 Å². The number of ether oxygens (including phenoxy) is 1. The van der Waals surface area contributed by atoms with Gasteiger partial charge in [-0.2, -0.15) is 0 Å². The molecule has 0 unspecified atom stereocenters. The van der Waals surface area contributed by atoms with Crippen LogP contribution in [-0.4, -0.2) is 34.9 Å². The Morgan fingerprint density at radius 2 is 2.00 bits per heavy atom. The van der Waals surface area contributed by atoms with Gasteiger partial charge in [-0.1, -0.05) is 0 Å². The third kappa shape index (κ3) is 3.56. The Balaban J connectivity index is 1.81. The van der Waals surface area contributed by atoms with E-state index in [-0.39, 0.29) is 23.5 Å². The van der Waals surface area contributed by atoms with Crippen molar-refractivity contribution in [2.45, 2.75) is 26.4 Å². The Morgan fingerprint density at radius 1 is 1.23 bits per heavy atom. The molecule has 4 N–H and O–H groups in total. The summed E-state index contributed by atoms with van der Waals surface area (Å²) in [5.41, 5.74) is 0.348. The van der Waals surface area contributed by atoms with E-state index >= 15 is 0 Å². The fourth-order valence-corrected chi connectivity index (χ4v) is 4.47. The zero-order valence-electron chi connectivity index (χ0n) is 16.4. The Hall–Kier alpha value is -2.85. The van der Waals surface area contributed by atoms with E-state index in [0.29, 0.717) is 39.3 Å². The van der Waals surface area contributed by atoms with E-state index in [2.05, 4.69) is 36.9 Å². The molecule has 0 spiro atoms. The molecule has 3 heterocycles. The molecule has 30 heavy (non-hydrogen) atoms. The molecule has 3 aromatic rings. The maximum Gasteiger partial charge on any atom is 0.268 e. The van der Waals surface area contributed by atoms with Crippen LogP contribution in [0.1, 0.15) is 40.8 Å². The molecular formula is C20H19BrN4O4S. The fourth-order valence-electron chi connectivity index (χ4n) is 3.19. The van der Waals surface area contributed by atoms with Crippen LogP contribution in [0.4, 0.5) is 11.5 Å². The van der Waals surface area contributed by atoms with Crippen molar-refractivity contribution in [3.05, 3.63) is 38.5 Å². The Kier molecular flexibility index (Phi) is 5.07. The van der Waals surface area contributed by atoms with Gasteiger partial charge in [-0.25, -0.2) is 0 Å². The van der Waals surface area contributed by atoms with Gasteiger partial charge in [-0.05, 0) is 61.0 Å². The first-order valence-corrected chi connectivity index (χ1v) is 10.9. The van der Waals surface area contributed by atoms with Gasteiger partial charge < -0.3 is 25.7 Å². The van der Waals surface area contributed by atoms with Gasteiger partial charge in [0.2, 0.25) is 0 Å². The number of aromatic nitrogens is 1. The molecule has 10 heteroatoms. The number of benzene rings is 1. The fraction of sp³-hybridized carbons (Fsp3) is 0.250. The molecule has 8 nitrogen and oxygen atoms in total. The van der Waals surface area contributed by atoms with Crippen LogP contribution in [0.25, 0.3) is 10.9 Å². The molecular weight excluding hydrogens is 472 g/mol. The molecule has 0 saturated heterocycles. The zero-order valence-corrected chi connectivity index (χ0v) is 18.8. The Bertz CT molecular complexity index is 1200. The van der Waals surface area contributed by atoms with Crippen LogP contribution in [0.15, 0.2) is 28.1 Å². The molecule has 0 radical (unpaired) electrons. The van der Waals surface area contributed by atoms with Crippen molar-refractivity contribution in [2.75, 3.05) is 17.2 Å². The lowest BCUT2D eigenvalue weighted by Gasteiger charge is -2.31. The highest BCUT2D eigenvalue weighted by molar-refractivity contribution is 9.11. The standard InChI is InChI=1S/C20H19BrN4O4S/c1-4-22-18(27)15-9-7-12-11(24-19(28)20(2,3)29-12)8-10(9)23-16(15)25-17(26)13-5-6-14(21)30-13/h5-8,23H,4H2,1-3H3,(H,22,27)(H,24,28)(H,25,26). The third-order valence-electron chi connectivity index (χ3n) is 4.66. The minimum absolute atomic E-state index is 0.262. The summed E-state index contributed by atoms with van der Waals surface area (Å²) in [7, 11) is 0. The highest BCUT2D eigenvalue weighted by Gasteiger charge is 2.36. The molecule has 0 saturated carbocycles. The molecule has 2 aromatic heterocycles. The summed E-state index contributed by atoms with van der Waals surface area (Å²) in [5.74, 6) is -0.194. The summed E-state index contributed by atoms with van der Waals surface area (Å²) in [4.78, 5) is 41.3. The monoisotopic (exact) mass is 490 g/mol. The number of nitrogens with one attached hydrogen (secondary N) is 4. The van der Waals surface area contributed by atoms with Crippen molar-refractivity contribution in [3.8, 4) is 5.75 Å². The molecule has 0 atom stereocenters. The summed E-state index contributed by atoms with van der Waals surface area (Å²) in [6.45, 7) is 5.59. The van der Waals surface area contributed by atoms with Crippen LogP contribution < -0.4 is 20.7 Å². The second-order valence-electron chi connectivity index (χ2n) is 7.25. The summed E-state index contributed by atoms with van der Waals surface area (Å²) in [6, 6.07) is 6.87. The van der Waals surface area contributed by atoms with Crippen LogP contribution >= 0.6 is 27.3 Å². The molecule has 0 aliphatic carbocycles. The number of carbonyl (C=O) groups is 3. The van der Waals surface area contributed by atoms with Crippen LogP contribution in [0.5, 0.6) is 5.75 Å². The van der Waals surface area contributed by atoms with E-state index in [1.165, 1.54) is 11.3 Å². The van der Waals surface area contributed by atoms with Crippen molar-refractivity contribution in [1.29, 1.82) is 0 Å². The van der Waals surface area contributed by atoms with Gasteiger partial charge in [0.05, 0.1) is 25.4 Å². The van der Waals surface area contributed by atoms with Gasteiger partial charge in [-0.15, -0.1) is 11.3 Å². The van der Waals surface area contributed by atoms with E-state index < -0.39 is 5.60 Å². The molecule has 3 amide bonds. The predicted molar refractivity (Wildman–Crippen MR) is 120 cm³/mol. The van der Waals surface area contributed by atoms with Crippen LogP contribution in [-0.2, 0) is 4.79 Å². The van der Waals surface area contributed by atoms with Crippen LogP contribution in [0.3, 0.4) is 0 Å². The first-order chi connectivity index (χ1) is 14.2. The average molecular weight is 491 g/mol. The van der Waals surface area contributed by atoms with Gasteiger partial charge >= 0.3 is 0 Å². The van der Waals surface area contributed by atoms with Gasteiger partial charge in [0.15, 0.2) is 5.60 Å². The van der Waals surface area contributed by atoms with Gasteiger partial charge in [0.1, 0.15) is 11.6 Å². The van der Waals surface area contributed by atoms with Crippen molar-refractivity contribution in [1.82, 2.24) is 10.3 Å². The largest absolute Gasteiger partial charge is 0.476 e. The highest BCUT2D eigenvalue weighted by Crippen LogP contribution is 2.39. The van der Waals surface area contributed by atoms with Crippen molar-refractivity contribution in [2.24, 2.45) is 0 Å². The van der Waals surface area contributed by atoms with E-state index in [9.17, 15) is 14.4 Å². The number of anilines is 2. The molecule has 1 aliphatic rings. The number of carbonyl (C=O) groups excluding carboxylic acids is 3. The van der Waals surface area contributed by atoms with Crippen LogP contribution in [0.2, 0.25) is 0 Å². The van der Waals surface area contributed by atoms with Gasteiger partial charge in [0, 0.05) is 11.9 Å². The molecule has 0 bridgehead atoms. The third-order valence-corrected chi connectivity index (χ3v) is 6.28. The first kappa shape index (κ1) is 20.4. The number of halogens is 1. The van der Waals surface area contributed by atoms with E-state index in [1.54, 1.807) is 38.1 Å². The number of H-pyrrole nitrogens is 1. The topological polar surface area (TPSA) is 112 Å². The molecule has 0 fully saturated rings. The summed E-state index contributed by atoms with van der Waals surface area (Å²) in [6.07, 6.45) is 0. The van der Waals surface area contributed by atoms with Gasteiger partial charge in [0.25, 0.3) is 17.7 Å². The minimum Gasteiger partial charge on any atom is -0.476 e. The number of thiophene rings is 1. The smallest absolute Gasteiger partial charge is 0.268 e. The highest BCUT2D eigenvalue weighted by atomic mass is 79.9. The summed E-state index contributed by atoms with van der Waals surface area (Å²) < 4.78 is 6.68. The van der Waals surface area contributed by atoms with Gasteiger partial charge in [-0.3, -0.25) is 14.4 Å². The lowest BCUT2D eigenvalue weighted by atomic mass is 10.0. The summed E-state index contributed by atoms with van der Waals surface area (Å²) >= 11 is 4.63. The summed E-state index contributed by atoms with van der Waals surface area (Å²) in [5, 5.41) is 8.96. The second kappa shape index (κ2) is 7.44. The average Bonchev–Trinajstić information content (AvgIpc) is 3.24. The second-order valence-corrected chi connectivity index (χ2v) is 9.72. The predicted octanol–water partition coefficient (Wildman–Crippen LogP) is 4.10. The lowest BCUT2D eigenvalue weighted by molar-refractivity contribution is -0.129. The number of hydrogen-bond acceptors (Lipinski definition) is 5. The van der Waals surface area contributed by atoms with E-state index in [0.717, 1.165) is 3.79 Å². The molecule has 156 valence electrons. The number of fused-ring (bicyclic) bond motifs is 2. The maximum atomic E-state index is 12.8. The normalized spacial score (nSPS) is 14.6. The number of amides is 3. The molecule has 4 rings (SSSR count). The number of aromatic amines is 1. The van der Waals surface area contributed by atoms with Crippen LogP contribution in [0, 0.1) is 0 Å². The Morgan fingerprint density at radius 3 is 2.67 bits per heavy atom. The van der Waals surface area contributed by atoms with E-state index in [4.69, 9.17) is 4.74 Å². The number of hydrogen-bond donors (Lipinski definition) is 4. The minimum atomic E-state index is -1.04. The Labute approximate surface area is 184 Å². The quantitative estimate of drug-likeness (QED) is 0.440. The van der Waals surface area contributed by atoms with Crippen molar-refractivity contribution < 1.29 is 19.1 Å². The number of rotatable bonds is 4. The SMILES string of the molecule is CCNC(=O)c1c(NC(=O)c2ccc(Br)s2)[nH]c2cc3c(cc12)OC(C)(C)C(=O)N3. The lowest BCUT2D eigenvalue weighted by Crippen LogP contribution is -2.45. The molecule has 1 aliphatic heterocycles. The maximum absolute atomic E-state index is 12.8. The molecule has 1 aromatic carbocycles. The zero-order chi connectivity index (χ0) is 21.6. The van der Waals surface area contributed by atoms with E-state index in [1.807, 2.05) is 6.92 Å². The first-order valence-electron chi connectivity index (χ1n) is 9.24.